The number of alkyl halides is 3. The van der Waals surface area contributed by atoms with Crippen molar-refractivity contribution >= 4 is 18.3 Å². The maximum absolute atomic E-state index is 12.5. The monoisotopic (exact) mass is 307 g/mol. The zero-order valence-electron chi connectivity index (χ0n) is 10.3. The van der Waals surface area contributed by atoms with Gasteiger partial charge in [-0.2, -0.15) is 25.8 Å². The third-order valence-electron chi connectivity index (χ3n) is 3.31. The number of rotatable bonds is 5. The van der Waals surface area contributed by atoms with E-state index < -0.39 is 22.4 Å². The third kappa shape index (κ3) is 3.17. The zero-order chi connectivity index (χ0) is 15.0. The van der Waals surface area contributed by atoms with Crippen LogP contribution in [0.3, 0.4) is 0 Å². The van der Waals surface area contributed by atoms with E-state index in [4.69, 9.17) is 4.74 Å². The number of nitrogens with zero attached hydrogens (tertiary/aromatic N) is 1. The molecule has 1 aromatic carbocycles. The first-order valence-corrected chi connectivity index (χ1v) is 6.50. The van der Waals surface area contributed by atoms with Gasteiger partial charge in [0, 0.05) is 11.5 Å². The molecule has 0 spiro atoms. The van der Waals surface area contributed by atoms with Crippen molar-refractivity contribution in [2.75, 3.05) is 12.4 Å². The van der Waals surface area contributed by atoms with Crippen LogP contribution in [0.25, 0.3) is 0 Å². The van der Waals surface area contributed by atoms with Gasteiger partial charge < -0.3 is 4.74 Å². The molecule has 0 bridgehead atoms. The van der Waals surface area contributed by atoms with Crippen LogP contribution < -0.4 is 4.74 Å². The number of thiol groups is 1. The number of hydrogen-bond donors (Lipinski definition) is 1. The first-order chi connectivity index (χ1) is 9.27. The van der Waals surface area contributed by atoms with Crippen LogP contribution in [0.2, 0.25) is 0 Å². The molecule has 1 saturated carbocycles. The van der Waals surface area contributed by atoms with Gasteiger partial charge in [-0.15, -0.1) is 0 Å². The van der Waals surface area contributed by atoms with Crippen LogP contribution in [-0.4, -0.2) is 17.3 Å². The summed E-state index contributed by atoms with van der Waals surface area (Å²) in [6.07, 6.45) is -2.80. The lowest BCUT2D eigenvalue weighted by molar-refractivity contribution is -0.386. The predicted octanol–water partition coefficient (Wildman–Crippen LogP) is 3.70. The van der Waals surface area contributed by atoms with E-state index in [9.17, 15) is 23.3 Å². The lowest BCUT2D eigenvalue weighted by atomic mass is 10.1. The molecule has 0 unspecified atom stereocenters. The lowest BCUT2D eigenvalue weighted by Crippen LogP contribution is -2.15. The van der Waals surface area contributed by atoms with Crippen LogP contribution in [0.5, 0.6) is 5.75 Å². The van der Waals surface area contributed by atoms with Crippen LogP contribution in [0.15, 0.2) is 18.2 Å². The highest BCUT2D eigenvalue weighted by Gasteiger charge is 2.42. The van der Waals surface area contributed by atoms with Gasteiger partial charge in [-0.3, -0.25) is 10.1 Å². The highest BCUT2D eigenvalue weighted by atomic mass is 32.1. The topological polar surface area (TPSA) is 52.4 Å². The van der Waals surface area contributed by atoms with Crippen molar-refractivity contribution in [3.63, 3.8) is 0 Å². The molecule has 0 amide bonds. The van der Waals surface area contributed by atoms with Crippen molar-refractivity contribution in [1.82, 2.24) is 0 Å². The minimum atomic E-state index is -4.62. The van der Waals surface area contributed by atoms with E-state index in [1.807, 2.05) is 0 Å². The van der Waals surface area contributed by atoms with Crippen molar-refractivity contribution in [3.05, 3.63) is 33.9 Å². The summed E-state index contributed by atoms with van der Waals surface area (Å²) in [7, 11) is 0. The summed E-state index contributed by atoms with van der Waals surface area (Å²) < 4.78 is 42.9. The lowest BCUT2D eigenvalue weighted by Gasteiger charge is -2.14. The van der Waals surface area contributed by atoms with Gasteiger partial charge in [0.25, 0.3) is 0 Å². The molecule has 0 heterocycles. The summed E-state index contributed by atoms with van der Waals surface area (Å²) in [5.74, 6) is 0.442. The van der Waals surface area contributed by atoms with Crippen LogP contribution in [-0.2, 0) is 6.18 Å². The molecule has 0 aliphatic heterocycles. The largest absolute Gasteiger partial charge is 0.486 e. The molecule has 1 aliphatic carbocycles. The molecule has 0 radical (unpaired) electrons. The van der Waals surface area contributed by atoms with Gasteiger partial charge in [0.15, 0.2) is 5.75 Å². The molecular formula is C12H12F3NO3S. The van der Waals surface area contributed by atoms with Crippen LogP contribution >= 0.6 is 12.6 Å². The molecule has 1 aliphatic rings. The Balaban J connectivity index is 2.22. The number of hydrogen-bond acceptors (Lipinski definition) is 4. The summed E-state index contributed by atoms with van der Waals surface area (Å²) in [4.78, 5) is 9.98. The van der Waals surface area contributed by atoms with E-state index in [0.29, 0.717) is 11.8 Å². The average Bonchev–Trinajstić information content (AvgIpc) is 3.15. The van der Waals surface area contributed by atoms with Crippen LogP contribution in [0.1, 0.15) is 18.4 Å². The molecule has 1 fully saturated rings. The van der Waals surface area contributed by atoms with Gasteiger partial charge in [0.1, 0.15) is 0 Å². The molecule has 110 valence electrons. The van der Waals surface area contributed by atoms with E-state index >= 15 is 0 Å². The van der Waals surface area contributed by atoms with Gasteiger partial charge in [-0.25, -0.2) is 0 Å². The molecule has 0 N–H and O–H groups in total. The number of nitro groups is 1. The van der Waals surface area contributed by atoms with Crippen molar-refractivity contribution in [2.24, 2.45) is 5.41 Å². The van der Waals surface area contributed by atoms with E-state index in [0.717, 1.165) is 25.0 Å². The molecule has 4 nitrogen and oxygen atoms in total. The first-order valence-electron chi connectivity index (χ1n) is 5.87. The summed E-state index contributed by atoms with van der Waals surface area (Å²) in [6, 6.07) is 2.27. The highest BCUT2D eigenvalue weighted by Crippen LogP contribution is 2.47. The minimum Gasteiger partial charge on any atom is -0.486 e. The Morgan fingerprint density at radius 1 is 1.40 bits per heavy atom. The second kappa shape index (κ2) is 5.16. The van der Waals surface area contributed by atoms with Gasteiger partial charge in [-0.05, 0) is 30.7 Å². The Morgan fingerprint density at radius 3 is 2.50 bits per heavy atom. The fourth-order valence-electron chi connectivity index (χ4n) is 1.71. The summed E-state index contributed by atoms with van der Waals surface area (Å²) in [5.41, 5.74) is -1.83. The fraction of sp³-hybridized carbons (Fsp3) is 0.500. The van der Waals surface area contributed by atoms with Gasteiger partial charge in [-0.1, -0.05) is 0 Å². The predicted molar refractivity (Wildman–Crippen MR) is 69.1 cm³/mol. The molecule has 2 rings (SSSR count). The maximum Gasteiger partial charge on any atom is 0.416 e. The Morgan fingerprint density at radius 2 is 2.05 bits per heavy atom. The normalized spacial score (nSPS) is 16.8. The standard InChI is InChI=1S/C12H12F3NO3S/c13-12(14,15)8-1-2-10(9(5-8)16(17)18)19-6-11(7-20)3-4-11/h1-2,5,20H,3-4,6-7H2. The summed E-state index contributed by atoms with van der Waals surface area (Å²) >= 11 is 4.17. The Hall–Kier alpha value is -1.44. The van der Waals surface area contributed by atoms with E-state index in [1.165, 1.54) is 0 Å². The number of ether oxygens (including phenoxy) is 1. The van der Waals surface area contributed by atoms with Crippen molar-refractivity contribution < 1.29 is 22.8 Å². The Kier molecular flexibility index (Phi) is 3.86. The number of halogens is 3. The third-order valence-corrected chi connectivity index (χ3v) is 3.98. The molecule has 0 atom stereocenters. The highest BCUT2D eigenvalue weighted by molar-refractivity contribution is 7.80. The quantitative estimate of drug-likeness (QED) is 0.512. The van der Waals surface area contributed by atoms with Gasteiger partial charge in [0.05, 0.1) is 17.1 Å². The zero-order valence-corrected chi connectivity index (χ0v) is 11.2. The second-order valence-electron chi connectivity index (χ2n) is 4.88. The smallest absolute Gasteiger partial charge is 0.416 e. The Bertz CT molecular complexity index is 529. The molecule has 8 heteroatoms. The second-order valence-corrected chi connectivity index (χ2v) is 5.20. The van der Waals surface area contributed by atoms with Crippen LogP contribution in [0.4, 0.5) is 18.9 Å². The molecule has 20 heavy (non-hydrogen) atoms. The number of benzene rings is 1. The molecule has 0 saturated heterocycles. The average molecular weight is 307 g/mol. The van der Waals surface area contributed by atoms with Gasteiger partial charge in [0.2, 0.25) is 0 Å². The van der Waals surface area contributed by atoms with Crippen molar-refractivity contribution in [3.8, 4) is 5.75 Å². The molecule has 1 aromatic rings. The van der Waals surface area contributed by atoms with Gasteiger partial charge >= 0.3 is 11.9 Å². The minimum absolute atomic E-state index is 0.0975. The van der Waals surface area contributed by atoms with Crippen molar-refractivity contribution in [1.29, 1.82) is 0 Å². The maximum atomic E-state index is 12.5. The van der Waals surface area contributed by atoms with E-state index in [2.05, 4.69) is 12.6 Å². The number of nitro benzene ring substituents is 1. The SMILES string of the molecule is O=[N+]([O-])c1cc(C(F)(F)F)ccc1OCC1(CS)CC1. The molecule has 0 aromatic heterocycles. The van der Waals surface area contributed by atoms with E-state index in [1.54, 1.807) is 0 Å². The Labute approximate surface area is 118 Å². The summed E-state index contributed by atoms with van der Waals surface area (Å²) in [5, 5.41) is 10.9. The van der Waals surface area contributed by atoms with E-state index in [-0.39, 0.29) is 17.8 Å². The van der Waals surface area contributed by atoms with Crippen LogP contribution in [0, 0.1) is 15.5 Å². The first kappa shape index (κ1) is 15.0. The molecular weight excluding hydrogens is 295 g/mol. The van der Waals surface area contributed by atoms with Crippen molar-refractivity contribution in [2.45, 2.75) is 19.0 Å². The summed E-state index contributed by atoms with van der Waals surface area (Å²) in [6.45, 7) is 0.225. The fourth-order valence-corrected chi connectivity index (χ4v) is 2.12.